The monoisotopic (exact) mass is 298 g/mol. The first-order valence-electron chi connectivity index (χ1n) is 6.30. The lowest BCUT2D eigenvalue weighted by molar-refractivity contribution is 0.161. The van der Waals surface area contributed by atoms with E-state index < -0.39 is 11.9 Å². The van der Waals surface area contributed by atoms with E-state index in [2.05, 4.69) is 6.07 Å². The van der Waals surface area contributed by atoms with Crippen molar-refractivity contribution in [3.8, 4) is 0 Å². The number of halogens is 2. The zero-order valence-electron chi connectivity index (χ0n) is 10.5. The molecule has 0 amide bonds. The molecule has 0 aliphatic rings. The number of thiophene rings is 1. The highest BCUT2D eigenvalue weighted by atomic mass is 35.5. The van der Waals surface area contributed by atoms with Crippen LogP contribution in [0.2, 0.25) is 5.02 Å². The SMILES string of the molecule is OC(CCCc1cccs1)Cc1cccc(Cl)c1F. The molecule has 0 radical (unpaired) electrons. The van der Waals surface area contributed by atoms with Gasteiger partial charge in [-0.3, -0.25) is 0 Å². The summed E-state index contributed by atoms with van der Waals surface area (Å²) in [5, 5.41) is 12.1. The third-order valence-electron chi connectivity index (χ3n) is 3.03. The standard InChI is InChI=1S/C15H16ClFOS/c16-14-8-1-4-11(15(14)17)10-12(18)5-2-6-13-7-3-9-19-13/h1,3-4,7-9,12,18H,2,5-6,10H2. The van der Waals surface area contributed by atoms with Crippen molar-refractivity contribution in [2.75, 3.05) is 0 Å². The minimum absolute atomic E-state index is 0.114. The van der Waals surface area contributed by atoms with Gasteiger partial charge >= 0.3 is 0 Å². The molecule has 1 nitrogen and oxygen atoms in total. The summed E-state index contributed by atoms with van der Waals surface area (Å²) in [7, 11) is 0. The summed E-state index contributed by atoms with van der Waals surface area (Å²) < 4.78 is 13.7. The molecule has 1 heterocycles. The summed E-state index contributed by atoms with van der Waals surface area (Å²) >= 11 is 7.44. The van der Waals surface area contributed by atoms with Crippen molar-refractivity contribution in [2.45, 2.75) is 31.8 Å². The maximum absolute atomic E-state index is 13.7. The number of hydrogen-bond acceptors (Lipinski definition) is 2. The van der Waals surface area contributed by atoms with E-state index in [-0.39, 0.29) is 5.02 Å². The molecular weight excluding hydrogens is 283 g/mol. The van der Waals surface area contributed by atoms with Gasteiger partial charge in [0, 0.05) is 11.3 Å². The molecule has 1 aromatic carbocycles. The molecule has 0 saturated carbocycles. The van der Waals surface area contributed by atoms with Gasteiger partial charge in [0.2, 0.25) is 0 Å². The van der Waals surface area contributed by atoms with E-state index in [1.54, 1.807) is 23.5 Å². The highest BCUT2D eigenvalue weighted by molar-refractivity contribution is 7.09. The van der Waals surface area contributed by atoms with Crippen LogP contribution in [0.1, 0.15) is 23.3 Å². The zero-order chi connectivity index (χ0) is 13.7. The normalized spacial score (nSPS) is 12.6. The molecule has 2 rings (SSSR count). The highest BCUT2D eigenvalue weighted by Gasteiger charge is 2.11. The third-order valence-corrected chi connectivity index (χ3v) is 4.26. The fourth-order valence-corrected chi connectivity index (χ4v) is 2.97. The van der Waals surface area contributed by atoms with E-state index in [0.29, 0.717) is 18.4 Å². The number of hydrogen-bond donors (Lipinski definition) is 1. The van der Waals surface area contributed by atoms with Gasteiger partial charge in [0.15, 0.2) is 0 Å². The first-order valence-corrected chi connectivity index (χ1v) is 7.56. The van der Waals surface area contributed by atoms with E-state index >= 15 is 0 Å². The van der Waals surface area contributed by atoms with Crippen molar-refractivity contribution in [2.24, 2.45) is 0 Å². The molecule has 0 spiro atoms. The van der Waals surface area contributed by atoms with Crippen molar-refractivity contribution in [1.82, 2.24) is 0 Å². The van der Waals surface area contributed by atoms with Crippen LogP contribution in [0.15, 0.2) is 35.7 Å². The van der Waals surface area contributed by atoms with Crippen LogP contribution in [0.4, 0.5) is 4.39 Å². The lowest BCUT2D eigenvalue weighted by Crippen LogP contribution is -2.12. The van der Waals surface area contributed by atoms with Crippen molar-refractivity contribution >= 4 is 22.9 Å². The van der Waals surface area contributed by atoms with Crippen molar-refractivity contribution in [3.63, 3.8) is 0 Å². The summed E-state index contributed by atoms with van der Waals surface area (Å²) in [6.45, 7) is 0. The Morgan fingerprint density at radius 3 is 2.84 bits per heavy atom. The molecule has 1 aromatic heterocycles. The Bertz CT molecular complexity index is 513. The number of benzene rings is 1. The largest absolute Gasteiger partial charge is 0.393 e. The molecule has 102 valence electrons. The Hall–Kier alpha value is -0.900. The molecule has 1 unspecified atom stereocenters. The summed E-state index contributed by atoms with van der Waals surface area (Å²) in [6, 6.07) is 9.01. The Labute approximate surface area is 121 Å². The fraction of sp³-hybridized carbons (Fsp3) is 0.333. The number of aliphatic hydroxyl groups excluding tert-OH is 1. The van der Waals surface area contributed by atoms with Gasteiger partial charge in [0.05, 0.1) is 11.1 Å². The first kappa shape index (κ1) is 14.5. The van der Waals surface area contributed by atoms with E-state index in [1.165, 1.54) is 10.9 Å². The van der Waals surface area contributed by atoms with Crippen LogP contribution in [0.25, 0.3) is 0 Å². The number of aryl methyl sites for hydroxylation is 1. The van der Waals surface area contributed by atoms with Gasteiger partial charge in [-0.25, -0.2) is 4.39 Å². The van der Waals surface area contributed by atoms with Crippen LogP contribution in [0.5, 0.6) is 0 Å². The average Bonchev–Trinajstić information content (AvgIpc) is 2.88. The Balaban J connectivity index is 1.80. The first-order chi connectivity index (χ1) is 9.16. The van der Waals surface area contributed by atoms with E-state index in [1.807, 2.05) is 11.4 Å². The third kappa shape index (κ3) is 4.30. The van der Waals surface area contributed by atoms with Gasteiger partial charge in [0.1, 0.15) is 5.82 Å². The van der Waals surface area contributed by atoms with Crippen LogP contribution in [-0.4, -0.2) is 11.2 Å². The van der Waals surface area contributed by atoms with Crippen LogP contribution in [0, 0.1) is 5.82 Å². The second-order valence-electron chi connectivity index (χ2n) is 4.54. The Morgan fingerprint density at radius 1 is 1.26 bits per heavy atom. The molecule has 0 aliphatic heterocycles. The summed E-state index contributed by atoms with van der Waals surface area (Å²) in [5.74, 6) is -0.415. The summed E-state index contributed by atoms with van der Waals surface area (Å²) in [4.78, 5) is 1.32. The van der Waals surface area contributed by atoms with Gasteiger partial charge in [0.25, 0.3) is 0 Å². The molecular formula is C15H16ClFOS. The molecule has 1 N–H and O–H groups in total. The van der Waals surface area contributed by atoms with Crippen molar-refractivity contribution in [1.29, 1.82) is 0 Å². The smallest absolute Gasteiger partial charge is 0.145 e. The molecule has 0 fully saturated rings. The lowest BCUT2D eigenvalue weighted by Gasteiger charge is -2.11. The summed E-state index contributed by atoms with van der Waals surface area (Å²) in [6.07, 6.45) is 2.34. The zero-order valence-corrected chi connectivity index (χ0v) is 12.1. The van der Waals surface area contributed by atoms with Crippen LogP contribution < -0.4 is 0 Å². The molecule has 2 aromatic rings. The van der Waals surface area contributed by atoms with E-state index in [4.69, 9.17) is 11.6 Å². The quantitative estimate of drug-likeness (QED) is 0.834. The molecule has 19 heavy (non-hydrogen) atoms. The number of aliphatic hydroxyl groups is 1. The molecule has 1 atom stereocenters. The molecule has 0 bridgehead atoms. The summed E-state index contributed by atoms with van der Waals surface area (Å²) in [5.41, 5.74) is 0.483. The van der Waals surface area contributed by atoms with Crippen LogP contribution in [-0.2, 0) is 12.8 Å². The molecule has 0 saturated heterocycles. The fourth-order valence-electron chi connectivity index (χ4n) is 2.03. The van der Waals surface area contributed by atoms with E-state index in [0.717, 1.165) is 12.8 Å². The predicted molar refractivity (Wildman–Crippen MR) is 78.4 cm³/mol. The van der Waals surface area contributed by atoms with Crippen LogP contribution in [0.3, 0.4) is 0 Å². The van der Waals surface area contributed by atoms with Gasteiger partial charge < -0.3 is 5.11 Å². The maximum Gasteiger partial charge on any atom is 0.145 e. The highest BCUT2D eigenvalue weighted by Crippen LogP contribution is 2.20. The minimum atomic E-state index is -0.520. The average molecular weight is 299 g/mol. The lowest BCUT2D eigenvalue weighted by atomic mass is 10.0. The van der Waals surface area contributed by atoms with Crippen LogP contribution >= 0.6 is 22.9 Å². The second-order valence-corrected chi connectivity index (χ2v) is 5.98. The van der Waals surface area contributed by atoms with Gasteiger partial charge in [-0.05, 0) is 42.3 Å². The predicted octanol–water partition coefficient (Wildman–Crippen LogP) is 4.47. The Morgan fingerprint density at radius 2 is 2.11 bits per heavy atom. The van der Waals surface area contributed by atoms with Gasteiger partial charge in [-0.1, -0.05) is 29.8 Å². The molecule has 4 heteroatoms. The van der Waals surface area contributed by atoms with Crippen molar-refractivity contribution in [3.05, 3.63) is 57.0 Å². The van der Waals surface area contributed by atoms with E-state index in [9.17, 15) is 9.50 Å². The van der Waals surface area contributed by atoms with Gasteiger partial charge in [-0.15, -0.1) is 11.3 Å². The minimum Gasteiger partial charge on any atom is -0.393 e. The van der Waals surface area contributed by atoms with Crippen molar-refractivity contribution < 1.29 is 9.50 Å². The molecule has 0 aliphatic carbocycles. The second kappa shape index (κ2) is 7.04. The topological polar surface area (TPSA) is 20.2 Å². The van der Waals surface area contributed by atoms with Gasteiger partial charge in [-0.2, -0.15) is 0 Å². The Kier molecular flexibility index (Phi) is 5.37. The number of rotatable bonds is 6. The maximum atomic E-state index is 13.7.